The van der Waals surface area contributed by atoms with E-state index in [1.165, 1.54) is 0 Å². The third kappa shape index (κ3) is 3.58. The number of fused-ring (bicyclic) bond motifs is 3. The Morgan fingerprint density at radius 3 is 2.90 bits per heavy atom. The highest BCUT2D eigenvalue weighted by molar-refractivity contribution is 5.89. The lowest BCUT2D eigenvalue weighted by Crippen LogP contribution is -2.30. The molecule has 29 heavy (non-hydrogen) atoms. The second-order valence-electron chi connectivity index (χ2n) is 7.11. The summed E-state index contributed by atoms with van der Waals surface area (Å²) in [5.41, 5.74) is 2.06. The van der Waals surface area contributed by atoms with Gasteiger partial charge in [0.05, 0.1) is 0 Å². The van der Waals surface area contributed by atoms with Gasteiger partial charge in [-0.3, -0.25) is 4.99 Å². The third-order valence-corrected chi connectivity index (χ3v) is 4.91. The largest absolute Gasteiger partial charge is 0.454 e. The molecule has 0 bridgehead atoms. The average molecular weight is 391 g/mol. The number of anilines is 2. The molecule has 9 nitrogen and oxygen atoms in total. The topological polar surface area (TPSA) is 105 Å². The first kappa shape index (κ1) is 17.5. The van der Waals surface area contributed by atoms with Crippen LogP contribution in [-0.4, -0.2) is 40.2 Å². The molecular weight excluding hydrogens is 370 g/mol. The van der Waals surface area contributed by atoms with E-state index in [4.69, 9.17) is 4.74 Å². The van der Waals surface area contributed by atoms with Crippen molar-refractivity contribution in [3.63, 3.8) is 0 Å². The van der Waals surface area contributed by atoms with Gasteiger partial charge in [-0.05, 0) is 43.2 Å². The van der Waals surface area contributed by atoms with Gasteiger partial charge in [-0.2, -0.15) is 4.98 Å². The van der Waals surface area contributed by atoms with Crippen LogP contribution in [0.4, 0.5) is 16.3 Å². The summed E-state index contributed by atoms with van der Waals surface area (Å²) in [5, 5.41) is 9.09. The van der Waals surface area contributed by atoms with Crippen LogP contribution in [0, 0.1) is 0 Å². The van der Waals surface area contributed by atoms with Crippen LogP contribution in [0.5, 0.6) is 11.5 Å². The highest BCUT2D eigenvalue weighted by atomic mass is 16.5. The van der Waals surface area contributed by atoms with Crippen LogP contribution in [0.15, 0.2) is 41.5 Å². The molecule has 1 aromatic carbocycles. The Labute approximate surface area is 167 Å². The molecule has 3 heterocycles. The summed E-state index contributed by atoms with van der Waals surface area (Å²) in [6, 6.07) is 9.38. The second kappa shape index (κ2) is 7.08. The number of urea groups is 1. The Morgan fingerprint density at radius 1 is 1.31 bits per heavy atom. The zero-order chi connectivity index (χ0) is 19.8. The lowest BCUT2D eigenvalue weighted by Gasteiger charge is -2.17. The van der Waals surface area contributed by atoms with Crippen LogP contribution in [0.3, 0.4) is 0 Å². The van der Waals surface area contributed by atoms with Crippen LogP contribution < -0.4 is 26.3 Å². The fourth-order valence-electron chi connectivity index (χ4n) is 3.33. The van der Waals surface area contributed by atoms with Gasteiger partial charge in [0.15, 0.2) is 11.6 Å². The number of hydrogen-bond donors (Lipinski definition) is 3. The van der Waals surface area contributed by atoms with Gasteiger partial charge in [-0.1, -0.05) is 0 Å². The number of benzene rings is 1. The van der Waals surface area contributed by atoms with Crippen molar-refractivity contribution in [1.29, 1.82) is 0 Å². The summed E-state index contributed by atoms with van der Waals surface area (Å²) in [4.78, 5) is 24.7. The summed E-state index contributed by atoms with van der Waals surface area (Å²) in [6.45, 7) is 1.60. The van der Waals surface area contributed by atoms with Crippen LogP contribution >= 0.6 is 0 Å². The standard InChI is InChI=1S/C20H21N7O2/c1-21-19-23-11-12-10-16(18-22-8-9-27(18)17(12)26-19)29-15-6-4-14(5-7-15)25-20(28)24-13-2-3-13/h4-7,10-11,13,22H,2-3,8-9H2,1H3,(H2,24,25,28). The van der Waals surface area contributed by atoms with E-state index in [9.17, 15) is 4.79 Å². The predicted molar refractivity (Wildman–Crippen MR) is 108 cm³/mol. The molecule has 1 saturated carbocycles. The van der Waals surface area contributed by atoms with Crippen molar-refractivity contribution >= 4 is 17.5 Å². The normalized spacial score (nSPS) is 15.7. The van der Waals surface area contributed by atoms with Crippen molar-refractivity contribution in [1.82, 2.24) is 19.9 Å². The van der Waals surface area contributed by atoms with Crippen molar-refractivity contribution in [2.45, 2.75) is 25.4 Å². The van der Waals surface area contributed by atoms with E-state index < -0.39 is 0 Å². The Bertz CT molecular complexity index is 1100. The zero-order valence-corrected chi connectivity index (χ0v) is 16.0. The molecule has 0 radical (unpaired) electrons. The average Bonchev–Trinajstić information content (AvgIpc) is 3.39. The first-order valence-corrected chi connectivity index (χ1v) is 9.62. The van der Waals surface area contributed by atoms with Gasteiger partial charge in [0.25, 0.3) is 0 Å². The highest BCUT2D eigenvalue weighted by Gasteiger charge is 2.24. The molecule has 1 aromatic rings. The van der Waals surface area contributed by atoms with Gasteiger partial charge in [-0.25, -0.2) is 9.78 Å². The number of rotatable bonds is 4. The van der Waals surface area contributed by atoms with Crippen molar-refractivity contribution < 1.29 is 9.53 Å². The van der Waals surface area contributed by atoms with Crippen LogP contribution in [0.2, 0.25) is 0 Å². The first-order valence-electron chi connectivity index (χ1n) is 9.62. The number of carbonyl (C=O) groups is 1. The van der Waals surface area contributed by atoms with Crippen LogP contribution in [0.1, 0.15) is 12.8 Å². The minimum atomic E-state index is -0.174. The molecule has 2 amide bonds. The molecule has 9 heteroatoms. The molecule has 0 spiro atoms. The predicted octanol–water partition coefficient (Wildman–Crippen LogP) is 2.42. The Balaban J connectivity index is 1.39. The lowest BCUT2D eigenvalue weighted by atomic mass is 10.2. The molecule has 0 saturated heterocycles. The number of nitrogens with one attached hydrogen (secondary N) is 3. The fourth-order valence-corrected chi connectivity index (χ4v) is 3.33. The van der Waals surface area contributed by atoms with Crippen molar-refractivity contribution in [2.75, 3.05) is 24.2 Å². The van der Waals surface area contributed by atoms with E-state index in [1.807, 2.05) is 30.3 Å². The van der Waals surface area contributed by atoms with Gasteiger partial charge < -0.3 is 25.3 Å². The summed E-state index contributed by atoms with van der Waals surface area (Å²) >= 11 is 0. The summed E-state index contributed by atoms with van der Waals surface area (Å²) in [7, 11) is 1.68. The number of hydrogen-bond acceptors (Lipinski definition) is 6. The molecule has 4 aliphatic rings. The van der Waals surface area contributed by atoms with Crippen molar-refractivity contribution in [3.05, 3.63) is 42.1 Å². The second-order valence-corrected chi connectivity index (χ2v) is 7.11. The Morgan fingerprint density at radius 2 is 2.14 bits per heavy atom. The quantitative estimate of drug-likeness (QED) is 0.633. The van der Waals surface area contributed by atoms with Crippen LogP contribution in [-0.2, 0) is 6.54 Å². The number of aromatic nitrogens is 3. The van der Waals surface area contributed by atoms with Gasteiger partial charge in [0.2, 0.25) is 5.62 Å². The van der Waals surface area contributed by atoms with Gasteiger partial charge in [-0.15, -0.1) is 0 Å². The molecule has 3 N–H and O–H groups in total. The number of pyridine rings is 1. The van der Waals surface area contributed by atoms with Crippen LogP contribution in [0.25, 0.3) is 11.4 Å². The maximum atomic E-state index is 11.9. The molecule has 0 aromatic heterocycles. The number of ether oxygens (including phenoxy) is 1. The van der Waals surface area contributed by atoms with Crippen molar-refractivity contribution in [2.24, 2.45) is 4.99 Å². The Hall–Kier alpha value is -3.62. The number of nitrogens with zero attached hydrogens (tertiary/aromatic N) is 4. The molecular formula is C20H21N7O2. The highest BCUT2D eigenvalue weighted by Crippen LogP contribution is 2.37. The molecule has 148 valence electrons. The van der Waals surface area contributed by atoms with Crippen molar-refractivity contribution in [3.8, 4) is 22.9 Å². The summed E-state index contributed by atoms with van der Waals surface area (Å²) < 4.78 is 8.21. The molecule has 5 rings (SSSR count). The number of amides is 2. The Kier molecular flexibility index (Phi) is 4.27. The number of carbonyl (C=O) groups excluding carboxylic acids is 1. The van der Waals surface area contributed by atoms with E-state index in [1.54, 1.807) is 13.2 Å². The molecule has 3 aliphatic heterocycles. The minimum Gasteiger partial charge on any atom is -0.454 e. The van der Waals surface area contributed by atoms with E-state index in [0.717, 1.165) is 48.8 Å². The van der Waals surface area contributed by atoms with Gasteiger partial charge >= 0.3 is 6.03 Å². The minimum absolute atomic E-state index is 0.174. The summed E-state index contributed by atoms with van der Waals surface area (Å²) in [5.74, 6) is 3.08. The monoisotopic (exact) mass is 391 g/mol. The zero-order valence-electron chi connectivity index (χ0n) is 16.0. The van der Waals surface area contributed by atoms with E-state index in [0.29, 0.717) is 23.2 Å². The van der Waals surface area contributed by atoms with E-state index in [2.05, 4.69) is 35.5 Å². The summed E-state index contributed by atoms with van der Waals surface area (Å²) in [6.07, 6.45) is 3.87. The maximum Gasteiger partial charge on any atom is 0.319 e. The first-order chi connectivity index (χ1) is 14.2. The van der Waals surface area contributed by atoms with Gasteiger partial charge in [0, 0.05) is 43.6 Å². The smallest absolute Gasteiger partial charge is 0.319 e. The molecule has 0 atom stereocenters. The third-order valence-electron chi connectivity index (χ3n) is 4.91. The molecule has 1 aliphatic carbocycles. The van der Waals surface area contributed by atoms with E-state index >= 15 is 0 Å². The van der Waals surface area contributed by atoms with E-state index in [-0.39, 0.29) is 6.03 Å². The SMILES string of the molecule is CN=c1ncc2cc(Oc3ccc(NC(=O)NC4CC4)cc3)c3n(c-2n1)CCN3. The lowest BCUT2D eigenvalue weighted by molar-refractivity contribution is 0.251. The molecule has 0 unspecified atom stereocenters. The fraction of sp³-hybridized carbons (Fsp3) is 0.300. The maximum absolute atomic E-state index is 11.9. The van der Waals surface area contributed by atoms with Gasteiger partial charge in [0.1, 0.15) is 11.6 Å². The molecule has 1 fully saturated rings.